The predicted molar refractivity (Wildman–Crippen MR) is 80.6 cm³/mol. The van der Waals surface area contributed by atoms with E-state index < -0.39 is 4.92 Å². The van der Waals surface area contributed by atoms with Crippen molar-refractivity contribution >= 4 is 17.3 Å². The number of likely N-dealkylation sites (N-methyl/N-ethyl adjacent to an activating group) is 1. The van der Waals surface area contributed by atoms with Crippen LogP contribution in [-0.4, -0.2) is 49.0 Å². The fourth-order valence-corrected chi connectivity index (χ4v) is 2.18. The molecule has 0 spiro atoms. The van der Waals surface area contributed by atoms with Gasteiger partial charge in [0, 0.05) is 37.8 Å². The van der Waals surface area contributed by atoms with Crippen LogP contribution in [0, 0.1) is 10.1 Å². The fraction of sp³-hybridized carbons (Fsp3) is 0.500. The molecular formula is C14H20N4O3. The number of hydrogen-bond acceptors (Lipinski definition) is 5. The van der Waals surface area contributed by atoms with E-state index in [2.05, 4.69) is 22.6 Å². The average Bonchev–Trinajstić information content (AvgIpc) is 3.30. The van der Waals surface area contributed by atoms with Gasteiger partial charge < -0.3 is 15.5 Å². The molecule has 0 unspecified atom stereocenters. The third-order valence-electron chi connectivity index (χ3n) is 3.65. The van der Waals surface area contributed by atoms with E-state index in [0.29, 0.717) is 23.8 Å². The molecular weight excluding hydrogens is 272 g/mol. The van der Waals surface area contributed by atoms with Crippen molar-refractivity contribution in [3.8, 4) is 0 Å². The first-order chi connectivity index (χ1) is 10.0. The summed E-state index contributed by atoms with van der Waals surface area (Å²) in [5.41, 5.74) is 0.712. The van der Waals surface area contributed by atoms with Crippen molar-refractivity contribution in [1.82, 2.24) is 10.2 Å². The zero-order valence-electron chi connectivity index (χ0n) is 12.3. The van der Waals surface area contributed by atoms with Crippen molar-refractivity contribution in [3.63, 3.8) is 0 Å². The van der Waals surface area contributed by atoms with Crippen molar-refractivity contribution in [2.45, 2.75) is 18.9 Å². The maximum atomic E-state index is 12.0. The average molecular weight is 292 g/mol. The van der Waals surface area contributed by atoms with Crippen LogP contribution in [-0.2, 0) is 0 Å². The van der Waals surface area contributed by atoms with Crippen LogP contribution in [0.15, 0.2) is 18.2 Å². The third-order valence-corrected chi connectivity index (χ3v) is 3.65. The van der Waals surface area contributed by atoms with Crippen molar-refractivity contribution in [2.75, 3.05) is 32.5 Å². The molecule has 0 atom stereocenters. The van der Waals surface area contributed by atoms with Crippen LogP contribution in [0.5, 0.6) is 0 Å². The molecule has 0 aromatic heterocycles. The number of hydrogen-bond donors (Lipinski definition) is 2. The summed E-state index contributed by atoms with van der Waals surface area (Å²) in [6, 6.07) is 4.98. The van der Waals surface area contributed by atoms with Crippen LogP contribution in [0.25, 0.3) is 0 Å². The lowest BCUT2D eigenvalue weighted by atomic mass is 10.1. The van der Waals surface area contributed by atoms with Gasteiger partial charge in [-0.1, -0.05) is 0 Å². The van der Waals surface area contributed by atoms with E-state index in [4.69, 9.17) is 0 Å². The number of nitro benzene ring substituents is 1. The summed E-state index contributed by atoms with van der Waals surface area (Å²) in [5, 5.41) is 16.4. The summed E-state index contributed by atoms with van der Waals surface area (Å²) in [7, 11) is 3.64. The number of benzene rings is 1. The number of nitrogens with zero attached hydrogens (tertiary/aromatic N) is 2. The molecule has 0 saturated heterocycles. The van der Waals surface area contributed by atoms with Crippen LogP contribution < -0.4 is 10.6 Å². The second-order valence-corrected chi connectivity index (χ2v) is 5.21. The number of nitro groups is 1. The summed E-state index contributed by atoms with van der Waals surface area (Å²) < 4.78 is 0. The van der Waals surface area contributed by atoms with Gasteiger partial charge in [-0.3, -0.25) is 14.9 Å². The molecule has 1 aliphatic carbocycles. The van der Waals surface area contributed by atoms with E-state index in [9.17, 15) is 14.9 Å². The summed E-state index contributed by atoms with van der Waals surface area (Å²) in [4.78, 5) is 24.6. The molecule has 114 valence electrons. The monoisotopic (exact) mass is 292 g/mol. The van der Waals surface area contributed by atoms with Gasteiger partial charge in [-0.15, -0.1) is 0 Å². The first-order valence-corrected chi connectivity index (χ1v) is 6.97. The molecule has 7 heteroatoms. The molecule has 0 heterocycles. The van der Waals surface area contributed by atoms with Crippen molar-refractivity contribution in [3.05, 3.63) is 33.9 Å². The quantitative estimate of drug-likeness (QED) is 0.587. The topological polar surface area (TPSA) is 87.5 Å². The van der Waals surface area contributed by atoms with Gasteiger partial charge in [0.2, 0.25) is 0 Å². The van der Waals surface area contributed by atoms with E-state index >= 15 is 0 Å². The van der Waals surface area contributed by atoms with E-state index in [1.54, 1.807) is 7.05 Å². The van der Waals surface area contributed by atoms with Crippen LogP contribution in [0.3, 0.4) is 0 Å². The Bertz CT molecular complexity index is 543. The minimum absolute atomic E-state index is 0.0393. The number of carbonyl (C=O) groups excluding carboxylic acids is 1. The van der Waals surface area contributed by atoms with Crippen LogP contribution in [0.4, 0.5) is 11.4 Å². The highest BCUT2D eigenvalue weighted by atomic mass is 16.6. The maximum Gasteiger partial charge on any atom is 0.292 e. The summed E-state index contributed by atoms with van der Waals surface area (Å²) >= 11 is 0. The maximum absolute atomic E-state index is 12.0. The molecule has 1 aliphatic rings. The lowest BCUT2D eigenvalue weighted by Crippen LogP contribution is -2.34. The van der Waals surface area contributed by atoms with Crippen molar-refractivity contribution in [2.24, 2.45) is 0 Å². The highest BCUT2D eigenvalue weighted by Crippen LogP contribution is 2.25. The van der Waals surface area contributed by atoms with Crippen molar-refractivity contribution in [1.29, 1.82) is 0 Å². The Balaban J connectivity index is 1.93. The van der Waals surface area contributed by atoms with E-state index in [0.717, 1.165) is 6.54 Å². The van der Waals surface area contributed by atoms with Gasteiger partial charge in [0.25, 0.3) is 11.6 Å². The molecule has 1 aromatic carbocycles. The molecule has 0 aliphatic heterocycles. The second-order valence-electron chi connectivity index (χ2n) is 5.21. The largest absolute Gasteiger partial charge is 0.383 e. The van der Waals surface area contributed by atoms with Gasteiger partial charge in [-0.25, -0.2) is 0 Å². The van der Waals surface area contributed by atoms with Crippen molar-refractivity contribution < 1.29 is 9.72 Å². The Labute approximate surface area is 123 Å². The van der Waals surface area contributed by atoms with E-state index in [1.165, 1.54) is 31.0 Å². The van der Waals surface area contributed by atoms with Crippen LogP contribution in [0.2, 0.25) is 0 Å². The minimum atomic E-state index is -0.474. The van der Waals surface area contributed by atoms with Gasteiger partial charge in [0.15, 0.2) is 0 Å². The Morgan fingerprint density at radius 2 is 2.19 bits per heavy atom. The molecule has 1 aromatic rings. The molecule has 7 nitrogen and oxygen atoms in total. The number of carbonyl (C=O) groups is 1. The normalized spacial score (nSPS) is 14.0. The summed E-state index contributed by atoms with van der Waals surface area (Å²) in [6.07, 6.45) is 2.47. The first kappa shape index (κ1) is 15.2. The molecule has 1 saturated carbocycles. The zero-order chi connectivity index (χ0) is 15.4. The van der Waals surface area contributed by atoms with Gasteiger partial charge in [0.1, 0.15) is 5.69 Å². The Hall–Kier alpha value is -2.15. The zero-order valence-corrected chi connectivity index (χ0v) is 12.3. The molecule has 0 bridgehead atoms. The second kappa shape index (κ2) is 6.53. The third kappa shape index (κ3) is 3.91. The van der Waals surface area contributed by atoms with E-state index in [1.807, 2.05) is 0 Å². The molecule has 1 amide bonds. The first-order valence-electron chi connectivity index (χ1n) is 6.97. The number of amides is 1. The number of rotatable bonds is 7. The highest BCUT2D eigenvalue weighted by Gasteiger charge is 2.25. The summed E-state index contributed by atoms with van der Waals surface area (Å²) in [6.45, 7) is 1.37. The fourth-order valence-electron chi connectivity index (χ4n) is 2.18. The standard InChI is InChI=1S/C14H20N4O3/c1-15-12-9-10(3-6-13(12)18(20)21)14(19)16-7-8-17(2)11-4-5-11/h3,6,9,11,15H,4-5,7-8H2,1-2H3,(H,16,19). The molecule has 1 fully saturated rings. The SMILES string of the molecule is CNc1cc(C(=O)NCCN(C)C2CC2)ccc1[N+](=O)[O-]. The van der Waals surface area contributed by atoms with Gasteiger partial charge in [0.05, 0.1) is 4.92 Å². The smallest absolute Gasteiger partial charge is 0.292 e. The van der Waals surface area contributed by atoms with Gasteiger partial charge >= 0.3 is 0 Å². The number of nitrogens with one attached hydrogen (secondary N) is 2. The van der Waals surface area contributed by atoms with Crippen LogP contribution in [0.1, 0.15) is 23.2 Å². The Morgan fingerprint density at radius 1 is 1.48 bits per heavy atom. The predicted octanol–water partition coefficient (Wildman–Crippen LogP) is 1.46. The highest BCUT2D eigenvalue weighted by molar-refractivity contribution is 5.95. The molecule has 2 N–H and O–H groups in total. The lowest BCUT2D eigenvalue weighted by molar-refractivity contribution is -0.383. The van der Waals surface area contributed by atoms with Crippen LogP contribution >= 0.6 is 0 Å². The molecule has 0 radical (unpaired) electrons. The molecule has 2 rings (SSSR count). The number of anilines is 1. The van der Waals surface area contributed by atoms with Gasteiger partial charge in [-0.05, 0) is 32.0 Å². The molecule has 21 heavy (non-hydrogen) atoms. The minimum Gasteiger partial charge on any atom is -0.383 e. The lowest BCUT2D eigenvalue weighted by Gasteiger charge is -2.15. The van der Waals surface area contributed by atoms with Gasteiger partial charge in [-0.2, -0.15) is 0 Å². The Kier molecular flexibility index (Phi) is 4.74. The van der Waals surface area contributed by atoms with E-state index in [-0.39, 0.29) is 11.6 Å². The Morgan fingerprint density at radius 3 is 2.76 bits per heavy atom. The summed E-state index contributed by atoms with van der Waals surface area (Å²) in [5.74, 6) is -0.217.